The molecule has 92 valence electrons. The summed E-state index contributed by atoms with van der Waals surface area (Å²) >= 11 is 0. The third-order valence-electron chi connectivity index (χ3n) is 2.07. The zero-order valence-electron chi connectivity index (χ0n) is 9.03. The number of pyridine rings is 1. The molecule has 1 aromatic heterocycles. The number of hydrogen-bond acceptors (Lipinski definition) is 6. The van der Waals surface area contributed by atoms with E-state index in [9.17, 15) is 19.8 Å². The molecule has 0 bridgehead atoms. The second kappa shape index (κ2) is 5.37. The molecule has 1 aromatic rings. The average Bonchev–Trinajstić information content (AvgIpc) is 2.36. The van der Waals surface area contributed by atoms with E-state index < -0.39 is 24.1 Å². The smallest absolute Gasteiger partial charge is 0.337 e. The number of ether oxygens (including phenoxy) is 1. The quantitative estimate of drug-likeness (QED) is 0.565. The number of methoxy groups -OCH3 is 1. The first-order chi connectivity index (χ1) is 7.97. The molecule has 0 radical (unpaired) electrons. The molecule has 1 amide bonds. The van der Waals surface area contributed by atoms with Crippen LogP contribution in [0.4, 0.5) is 0 Å². The SMILES string of the molecule is COC(=O)C(O)C(O)c1cccc(C(N)=O)n1. The van der Waals surface area contributed by atoms with Crippen molar-refractivity contribution in [2.75, 3.05) is 7.11 Å². The molecule has 7 nitrogen and oxygen atoms in total. The molecule has 2 atom stereocenters. The lowest BCUT2D eigenvalue weighted by atomic mass is 10.1. The fraction of sp³-hybridized carbons (Fsp3) is 0.300. The van der Waals surface area contributed by atoms with Crippen LogP contribution in [0.1, 0.15) is 22.3 Å². The first-order valence-corrected chi connectivity index (χ1v) is 4.68. The number of amides is 1. The Labute approximate surface area is 96.8 Å². The van der Waals surface area contributed by atoms with Gasteiger partial charge in [0.2, 0.25) is 0 Å². The van der Waals surface area contributed by atoms with Gasteiger partial charge in [0.05, 0.1) is 12.8 Å². The highest BCUT2D eigenvalue weighted by atomic mass is 16.5. The summed E-state index contributed by atoms with van der Waals surface area (Å²) in [6.45, 7) is 0. The lowest BCUT2D eigenvalue weighted by molar-refractivity contribution is -0.157. The van der Waals surface area contributed by atoms with Crippen molar-refractivity contribution >= 4 is 11.9 Å². The standard InChI is InChI=1S/C10H12N2O5/c1-17-10(16)8(14)7(13)5-3-2-4-6(12-5)9(11)15/h2-4,7-8,13-14H,1H3,(H2,11,15). The summed E-state index contributed by atoms with van der Waals surface area (Å²) in [5.41, 5.74) is 4.89. The molecule has 1 heterocycles. The molecule has 0 saturated carbocycles. The maximum Gasteiger partial charge on any atom is 0.337 e. The summed E-state index contributed by atoms with van der Waals surface area (Å²) in [5.74, 6) is -1.77. The van der Waals surface area contributed by atoms with Crippen molar-refractivity contribution in [3.63, 3.8) is 0 Å². The van der Waals surface area contributed by atoms with Crippen molar-refractivity contribution in [2.24, 2.45) is 5.73 Å². The Morgan fingerprint density at radius 3 is 2.59 bits per heavy atom. The molecular formula is C10H12N2O5. The fourth-order valence-corrected chi connectivity index (χ4v) is 1.16. The number of aliphatic hydroxyl groups is 2. The number of nitrogens with two attached hydrogens (primary N) is 1. The minimum Gasteiger partial charge on any atom is -0.467 e. The number of carbonyl (C=O) groups excluding carboxylic acids is 2. The van der Waals surface area contributed by atoms with E-state index in [2.05, 4.69) is 9.72 Å². The van der Waals surface area contributed by atoms with Gasteiger partial charge in [-0.2, -0.15) is 0 Å². The second-order valence-corrected chi connectivity index (χ2v) is 3.22. The number of primary amides is 1. The van der Waals surface area contributed by atoms with E-state index in [0.29, 0.717) is 0 Å². The van der Waals surface area contributed by atoms with Gasteiger partial charge in [-0.3, -0.25) is 4.79 Å². The minimum absolute atomic E-state index is 0.0424. The van der Waals surface area contributed by atoms with Crippen LogP contribution >= 0.6 is 0 Å². The summed E-state index contributed by atoms with van der Waals surface area (Å²) in [4.78, 5) is 25.6. The third kappa shape index (κ3) is 2.99. The first kappa shape index (κ1) is 13.1. The van der Waals surface area contributed by atoms with E-state index in [4.69, 9.17) is 5.73 Å². The van der Waals surface area contributed by atoms with Crippen LogP contribution in [-0.2, 0) is 9.53 Å². The zero-order chi connectivity index (χ0) is 13.0. The lowest BCUT2D eigenvalue weighted by Crippen LogP contribution is -2.30. The van der Waals surface area contributed by atoms with E-state index >= 15 is 0 Å². The molecule has 17 heavy (non-hydrogen) atoms. The van der Waals surface area contributed by atoms with E-state index in [1.54, 1.807) is 0 Å². The van der Waals surface area contributed by atoms with Gasteiger partial charge < -0.3 is 20.7 Å². The first-order valence-electron chi connectivity index (χ1n) is 4.68. The van der Waals surface area contributed by atoms with Gasteiger partial charge in [0.15, 0.2) is 6.10 Å². The number of hydrogen-bond donors (Lipinski definition) is 3. The molecule has 0 aliphatic rings. The Hall–Kier alpha value is -1.99. The number of rotatable bonds is 4. The normalized spacial score (nSPS) is 13.8. The molecule has 0 spiro atoms. The molecular weight excluding hydrogens is 228 g/mol. The predicted molar refractivity (Wildman–Crippen MR) is 55.7 cm³/mol. The van der Waals surface area contributed by atoms with Crippen molar-refractivity contribution in [3.05, 3.63) is 29.6 Å². The third-order valence-corrected chi connectivity index (χ3v) is 2.07. The van der Waals surface area contributed by atoms with Crippen molar-refractivity contribution < 1.29 is 24.5 Å². The molecule has 2 unspecified atom stereocenters. The minimum atomic E-state index is -1.77. The van der Waals surface area contributed by atoms with Gasteiger partial charge in [-0.05, 0) is 12.1 Å². The highest BCUT2D eigenvalue weighted by Crippen LogP contribution is 2.15. The highest BCUT2D eigenvalue weighted by molar-refractivity contribution is 5.90. The largest absolute Gasteiger partial charge is 0.467 e. The molecule has 0 saturated heterocycles. The Bertz CT molecular complexity index is 434. The molecule has 1 rings (SSSR count). The van der Waals surface area contributed by atoms with Crippen molar-refractivity contribution in [3.8, 4) is 0 Å². The number of nitrogens with zero attached hydrogens (tertiary/aromatic N) is 1. The number of aliphatic hydroxyl groups excluding tert-OH is 2. The van der Waals surface area contributed by atoms with Crippen LogP contribution < -0.4 is 5.73 Å². The van der Waals surface area contributed by atoms with Crippen LogP contribution in [0.3, 0.4) is 0 Å². The summed E-state index contributed by atoms with van der Waals surface area (Å²) in [7, 11) is 1.07. The summed E-state index contributed by atoms with van der Waals surface area (Å²) in [6.07, 6.45) is -3.35. The monoisotopic (exact) mass is 240 g/mol. The van der Waals surface area contributed by atoms with E-state index in [-0.39, 0.29) is 11.4 Å². The van der Waals surface area contributed by atoms with Crippen LogP contribution in [0.2, 0.25) is 0 Å². The lowest BCUT2D eigenvalue weighted by Gasteiger charge is -2.15. The topological polar surface area (TPSA) is 123 Å². The Morgan fingerprint density at radius 1 is 1.41 bits per heavy atom. The summed E-state index contributed by atoms with van der Waals surface area (Å²) in [5, 5.41) is 19.0. The van der Waals surface area contributed by atoms with Crippen LogP contribution in [0, 0.1) is 0 Å². The highest BCUT2D eigenvalue weighted by Gasteiger charge is 2.27. The molecule has 0 fully saturated rings. The van der Waals surface area contributed by atoms with E-state index in [1.807, 2.05) is 0 Å². The molecule has 0 aliphatic carbocycles. The van der Waals surface area contributed by atoms with Gasteiger partial charge in [0.1, 0.15) is 11.8 Å². The van der Waals surface area contributed by atoms with Gasteiger partial charge in [-0.15, -0.1) is 0 Å². The van der Waals surface area contributed by atoms with Crippen molar-refractivity contribution in [1.82, 2.24) is 4.98 Å². The van der Waals surface area contributed by atoms with E-state index in [1.165, 1.54) is 18.2 Å². The summed E-state index contributed by atoms with van der Waals surface area (Å²) < 4.78 is 4.26. The second-order valence-electron chi connectivity index (χ2n) is 3.22. The maximum atomic E-state index is 11.0. The fourth-order valence-electron chi connectivity index (χ4n) is 1.16. The van der Waals surface area contributed by atoms with Gasteiger partial charge in [0, 0.05) is 0 Å². The zero-order valence-corrected chi connectivity index (χ0v) is 9.03. The van der Waals surface area contributed by atoms with Crippen molar-refractivity contribution in [1.29, 1.82) is 0 Å². The van der Waals surface area contributed by atoms with Crippen LogP contribution in [0.5, 0.6) is 0 Å². The number of aromatic nitrogens is 1. The number of esters is 1. The maximum absolute atomic E-state index is 11.0. The molecule has 7 heteroatoms. The van der Waals surface area contributed by atoms with Crippen LogP contribution in [-0.4, -0.2) is 40.3 Å². The number of carbonyl (C=O) groups is 2. The molecule has 4 N–H and O–H groups in total. The van der Waals surface area contributed by atoms with Gasteiger partial charge in [-0.1, -0.05) is 6.07 Å². The average molecular weight is 240 g/mol. The van der Waals surface area contributed by atoms with Crippen molar-refractivity contribution in [2.45, 2.75) is 12.2 Å². The Morgan fingerprint density at radius 2 is 2.06 bits per heavy atom. The Balaban J connectivity index is 2.96. The van der Waals surface area contributed by atoms with Gasteiger partial charge in [0.25, 0.3) is 5.91 Å². The Kier molecular flexibility index (Phi) is 4.13. The predicted octanol–water partition coefficient (Wildman–Crippen LogP) is -1.25. The van der Waals surface area contributed by atoms with Crippen LogP contribution in [0.25, 0.3) is 0 Å². The molecule has 0 aliphatic heterocycles. The van der Waals surface area contributed by atoms with Gasteiger partial charge >= 0.3 is 5.97 Å². The van der Waals surface area contributed by atoms with Crippen LogP contribution in [0.15, 0.2) is 18.2 Å². The van der Waals surface area contributed by atoms with Gasteiger partial charge in [-0.25, -0.2) is 9.78 Å². The van der Waals surface area contributed by atoms with E-state index in [0.717, 1.165) is 7.11 Å². The summed E-state index contributed by atoms with van der Waals surface area (Å²) in [6, 6.07) is 4.13. The molecule has 0 aromatic carbocycles.